The Bertz CT molecular complexity index is 931. The molecule has 1 aliphatic heterocycles. The van der Waals surface area contributed by atoms with E-state index in [9.17, 15) is 31.1 Å². The number of aliphatic hydroxyl groups is 1. The summed E-state index contributed by atoms with van der Waals surface area (Å²) in [6.45, 7) is 4.00. The molecule has 1 N–H and O–H groups in total. The van der Waals surface area contributed by atoms with Gasteiger partial charge >= 0.3 is 0 Å². The van der Waals surface area contributed by atoms with Gasteiger partial charge < -0.3 is 9.84 Å². The molecule has 11 heteroatoms. The Morgan fingerprint density at radius 3 is 2.00 bits per heavy atom. The number of anilines is 1. The lowest BCUT2D eigenvalue weighted by atomic mass is 9.86. The summed E-state index contributed by atoms with van der Waals surface area (Å²) in [5.41, 5.74) is -1.84. The van der Waals surface area contributed by atoms with E-state index in [0.717, 1.165) is 19.2 Å². The quantitative estimate of drug-likeness (QED) is 0.491. The van der Waals surface area contributed by atoms with E-state index in [2.05, 4.69) is 5.10 Å². The Kier molecular flexibility index (Phi) is 11.0. The average molecular weight is 478 g/mol. The second-order valence-electron chi connectivity index (χ2n) is 6.21. The third-order valence-corrected chi connectivity index (χ3v) is 4.48. The Morgan fingerprint density at radius 2 is 1.55 bits per heavy atom. The summed E-state index contributed by atoms with van der Waals surface area (Å²) in [6.07, 6.45) is -5.82. The number of hydrogen-bond donors (Lipinski definition) is 1. The maximum Gasteiger partial charge on any atom is 0.265 e. The van der Waals surface area contributed by atoms with Crippen LogP contribution in [-0.2, 0) is 9.53 Å². The van der Waals surface area contributed by atoms with Crippen molar-refractivity contribution in [1.29, 1.82) is 0 Å². The van der Waals surface area contributed by atoms with Crippen molar-refractivity contribution in [3.63, 3.8) is 0 Å². The Labute approximate surface area is 187 Å². The minimum Gasteiger partial charge on any atom is -0.400 e. The number of hydrogen-bond acceptors (Lipinski definition) is 4. The first-order chi connectivity index (χ1) is 15.8. The number of benzene rings is 2. The zero-order valence-electron chi connectivity index (χ0n) is 18.3. The molecule has 0 radical (unpaired) electrons. The number of para-hydroxylation sites is 1. The predicted octanol–water partition coefficient (Wildman–Crippen LogP) is 4.92. The summed E-state index contributed by atoms with van der Waals surface area (Å²) in [7, 11) is 1.92. The average Bonchev–Trinajstić information content (AvgIpc) is 2.82. The molecule has 0 saturated heterocycles. The van der Waals surface area contributed by atoms with Crippen molar-refractivity contribution in [1.82, 2.24) is 0 Å². The highest BCUT2D eigenvalue weighted by Gasteiger charge is 2.43. The largest absolute Gasteiger partial charge is 0.400 e. The molecule has 1 heterocycles. The standard InChI is InChI=1S/C19H14F6N2O2.C2H6.CH4O/c1-29-18(19(24)25)10-7-13(28)27(9-5-3-2-4-6-9)26-17(10)14-15(22)11(20)8-12(21)16(14)23;2*1-2/h2-6,8,10,18-19H,7H2,1H3;1-2H3;2H,1H3. The minimum absolute atomic E-state index is 0.00636. The number of carbonyl (C=O) groups is 1. The number of methoxy groups -OCH3 is 1. The Hall–Kier alpha value is -2.92. The van der Waals surface area contributed by atoms with Gasteiger partial charge in [-0.15, -0.1) is 0 Å². The molecule has 5 nitrogen and oxygen atoms in total. The third-order valence-electron chi connectivity index (χ3n) is 4.48. The molecule has 0 aromatic heterocycles. The number of amides is 1. The molecule has 1 aliphatic rings. The SMILES string of the molecule is CC.CO.COC(C(F)F)C1CC(=O)N(c2ccccc2)N=C1c1c(F)c(F)cc(F)c1F. The first kappa shape index (κ1) is 28.1. The number of carbonyl (C=O) groups excluding carboxylic acids is 1. The van der Waals surface area contributed by atoms with Crippen molar-refractivity contribution >= 4 is 17.3 Å². The van der Waals surface area contributed by atoms with Crippen molar-refractivity contribution < 1.29 is 41.0 Å². The monoisotopic (exact) mass is 478 g/mol. The number of aliphatic hydroxyl groups excluding tert-OH is 1. The lowest BCUT2D eigenvalue weighted by Crippen LogP contribution is -2.45. The molecule has 2 aromatic rings. The van der Waals surface area contributed by atoms with Crippen LogP contribution in [-0.4, -0.2) is 43.5 Å². The summed E-state index contributed by atoms with van der Waals surface area (Å²) in [5.74, 6) is -9.47. The second-order valence-corrected chi connectivity index (χ2v) is 6.21. The molecule has 3 rings (SSSR count). The van der Waals surface area contributed by atoms with Gasteiger partial charge in [-0.3, -0.25) is 4.79 Å². The second kappa shape index (κ2) is 12.9. The van der Waals surface area contributed by atoms with E-state index in [1.165, 1.54) is 12.1 Å². The summed E-state index contributed by atoms with van der Waals surface area (Å²) in [4.78, 5) is 12.5. The van der Waals surface area contributed by atoms with E-state index in [1.807, 2.05) is 13.8 Å². The number of rotatable bonds is 5. The van der Waals surface area contributed by atoms with Gasteiger partial charge in [0.25, 0.3) is 6.43 Å². The fraction of sp³-hybridized carbons (Fsp3) is 0.364. The molecule has 0 aliphatic carbocycles. The highest BCUT2D eigenvalue weighted by atomic mass is 19.3. The summed E-state index contributed by atoms with van der Waals surface area (Å²) in [6, 6.07) is 7.60. The van der Waals surface area contributed by atoms with Crippen molar-refractivity contribution in [3.05, 3.63) is 65.2 Å². The van der Waals surface area contributed by atoms with Crippen LogP contribution in [0.1, 0.15) is 25.8 Å². The molecular formula is C22H24F6N2O3. The van der Waals surface area contributed by atoms with Crippen molar-refractivity contribution in [3.8, 4) is 0 Å². The van der Waals surface area contributed by atoms with Crippen molar-refractivity contribution in [2.75, 3.05) is 19.2 Å². The third kappa shape index (κ3) is 6.11. The molecule has 33 heavy (non-hydrogen) atoms. The van der Waals surface area contributed by atoms with Gasteiger partial charge in [-0.1, -0.05) is 32.0 Å². The molecule has 0 spiro atoms. The molecular weight excluding hydrogens is 454 g/mol. The molecule has 0 bridgehead atoms. The van der Waals surface area contributed by atoms with Crippen LogP contribution in [0.4, 0.5) is 32.0 Å². The van der Waals surface area contributed by atoms with Gasteiger partial charge in [-0.05, 0) is 12.1 Å². The first-order valence-corrected chi connectivity index (χ1v) is 9.81. The van der Waals surface area contributed by atoms with E-state index in [4.69, 9.17) is 9.84 Å². The molecule has 182 valence electrons. The van der Waals surface area contributed by atoms with Gasteiger partial charge in [0.1, 0.15) is 6.10 Å². The lowest BCUT2D eigenvalue weighted by molar-refractivity contribution is -0.122. The summed E-state index contributed by atoms with van der Waals surface area (Å²) < 4.78 is 87.9. The van der Waals surface area contributed by atoms with Gasteiger partial charge in [-0.25, -0.2) is 31.4 Å². The summed E-state index contributed by atoms with van der Waals surface area (Å²) in [5, 5.41) is 11.6. The molecule has 2 unspecified atom stereocenters. The van der Waals surface area contributed by atoms with Gasteiger partial charge in [0.2, 0.25) is 5.91 Å². The topological polar surface area (TPSA) is 62.1 Å². The molecule has 2 aromatic carbocycles. The van der Waals surface area contributed by atoms with Gasteiger partial charge in [0.15, 0.2) is 23.3 Å². The van der Waals surface area contributed by atoms with Crippen LogP contribution in [0, 0.1) is 29.2 Å². The fourth-order valence-corrected chi connectivity index (χ4v) is 3.13. The molecule has 0 fully saturated rings. The number of nitrogens with zero attached hydrogens (tertiary/aromatic N) is 2. The van der Waals surface area contributed by atoms with Gasteiger partial charge in [-0.2, -0.15) is 5.10 Å². The van der Waals surface area contributed by atoms with Crippen molar-refractivity contribution in [2.24, 2.45) is 11.0 Å². The van der Waals surface area contributed by atoms with E-state index in [-0.39, 0.29) is 11.8 Å². The van der Waals surface area contributed by atoms with E-state index < -0.39 is 65.3 Å². The summed E-state index contributed by atoms with van der Waals surface area (Å²) >= 11 is 0. The highest BCUT2D eigenvalue weighted by Crippen LogP contribution is 2.33. The fourth-order valence-electron chi connectivity index (χ4n) is 3.13. The lowest BCUT2D eigenvalue weighted by Gasteiger charge is -2.33. The van der Waals surface area contributed by atoms with Crippen LogP contribution in [0.3, 0.4) is 0 Å². The maximum absolute atomic E-state index is 14.4. The van der Waals surface area contributed by atoms with Crippen LogP contribution in [0.5, 0.6) is 0 Å². The van der Waals surface area contributed by atoms with Crippen molar-refractivity contribution in [2.45, 2.75) is 32.8 Å². The molecule has 1 amide bonds. The molecule has 2 atom stereocenters. The predicted molar refractivity (Wildman–Crippen MR) is 111 cm³/mol. The van der Waals surface area contributed by atoms with E-state index >= 15 is 0 Å². The van der Waals surface area contributed by atoms with Crippen LogP contribution in [0.15, 0.2) is 41.5 Å². The maximum atomic E-state index is 14.4. The highest BCUT2D eigenvalue weighted by molar-refractivity contribution is 6.10. The Balaban J connectivity index is 0.00000129. The number of hydrazone groups is 1. The minimum atomic E-state index is -3.16. The first-order valence-electron chi connectivity index (χ1n) is 9.81. The number of ether oxygens (including phenoxy) is 1. The molecule has 0 saturated carbocycles. The smallest absolute Gasteiger partial charge is 0.265 e. The number of halogens is 6. The van der Waals surface area contributed by atoms with Gasteiger partial charge in [0, 0.05) is 32.6 Å². The van der Waals surface area contributed by atoms with E-state index in [1.54, 1.807) is 18.2 Å². The zero-order valence-corrected chi connectivity index (χ0v) is 18.3. The van der Waals surface area contributed by atoms with E-state index in [0.29, 0.717) is 0 Å². The van der Waals surface area contributed by atoms with Crippen LogP contribution in [0.2, 0.25) is 0 Å². The van der Waals surface area contributed by atoms with Crippen LogP contribution < -0.4 is 5.01 Å². The van der Waals surface area contributed by atoms with Crippen LogP contribution >= 0.6 is 0 Å². The van der Waals surface area contributed by atoms with Crippen LogP contribution in [0.25, 0.3) is 0 Å². The van der Waals surface area contributed by atoms with Gasteiger partial charge in [0.05, 0.1) is 17.0 Å². The number of alkyl halides is 2. The normalized spacial score (nSPS) is 16.4. The zero-order chi connectivity index (χ0) is 25.3. The Morgan fingerprint density at radius 1 is 1.03 bits per heavy atom.